The fraction of sp³-hybridized carbons (Fsp3) is 0.192. The highest BCUT2D eigenvalue weighted by Gasteiger charge is 2.35. The Kier molecular flexibility index (Phi) is 6.09. The molecule has 4 aromatic rings. The Labute approximate surface area is 208 Å². The van der Waals surface area contributed by atoms with Crippen LogP contribution in [-0.4, -0.2) is 21.8 Å². The van der Waals surface area contributed by atoms with Crippen molar-refractivity contribution in [1.29, 1.82) is 5.26 Å². The van der Waals surface area contributed by atoms with E-state index in [0.29, 0.717) is 22.9 Å². The quantitative estimate of drug-likeness (QED) is 0.413. The van der Waals surface area contributed by atoms with Gasteiger partial charge in [0, 0.05) is 18.0 Å². The number of furan rings is 1. The van der Waals surface area contributed by atoms with Gasteiger partial charge in [-0.25, -0.2) is 9.97 Å². The highest BCUT2D eigenvalue weighted by atomic mass is 19.4. The predicted molar refractivity (Wildman–Crippen MR) is 124 cm³/mol. The molecule has 0 saturated carbocycles. The van der Waals surface area contributed by atoms with Crippen LogP contribution in [-0.2, 0) is 19.1 Å². The number of rotatable bonds is 5. The molecule has 11 heteroatoms. The zero-order valence-corrected chi connectivity index (χ0v) is 19.1. The second-order valence-electron chi connectivity index (χ2n) is 8.54. The molecule has 2 aromatic heterocycles. The third-order valence-electron chi connectivity index (χ3n) is 6.10. The summed E-state index contributed by atoms with van der Waals surface area (Å²) in [5, 5.41) is 14.9. The topological polar surface area (TPSA) is 121 Å². The van der Waals surface area contributed by atoms with E-state index in [4.69, 9.17) is 9.68 Å². The van der Waals surface area contributed by atoms with Gasteiger partial charge in [-0.15, -0.1) is 0 Å². The Morgan fingerprint density at radius 2 is 1.84 bits per heavy atom. The predicted octanol–water partition coefficient (Wildman–Crippen LogP) is 4.46. The Morgan fingerprint density at radius 3 is 2.59 bits per heavy atom. The van der Waals surface area contributed by atoms with Gasteiger partial charge in [0.25, 0.3) is 11.8 Å². The molecule has 8 nitrogen and oxygen atoms in total. The second-order valence-corrected chi connectivity index (χ2v) is 8.54. The first kappa shape index (κ1) is 24.0. The minimum Gasteiger partial charge on any atom is -0.451 e. The summed E-state index contributed by atoms with van der Waals surface area (Å²) >= 11 is 0. The summed E-state index contributed by atoms with van der Waals surface area (Å²) in [5.41, 5.74) is 3.06. The van der Waals surface area contributed by atoms with E-state index in [-0.39, 0.29) is 29.6 Å². The monoisotopic (exact) mass is 505 g/mol. The highest BCUT2D eigenvalue weighted by molar-refractivity contribution is 5.97. The van der Waals surface area contributed by atoms with Gasteiger partial charge >= 0.3 is 6.18 Å². The molecule has 0 saturated heterocycles. The van der Waals surface area contributed by atoms with Crippen molar-refractivity contribution in [3.8, 4) is 6.07 Å². The normalized spacial score (nSPS) is 14.7. The summed E-state index contributed by atoms with van der Waals surface area (Å²) in [5.74, 6) is -2.15. The van der Waals surface area contributed by atoms with Crippen molar-refractivity contribution < 1.29 is 27.2 Å². The molecule has 2 aromatic carbocycles. The van der Waals surface area contributed by atoms with E-state index in [0.717, 1.165) is 29.9 Å². The van der Waals surface area contributed by atoms with Crippen LogP contribution in [0.2, 0.25) is 0 Å². The van der Waals surface area contributed by atoms with Crippen LogP contribution in [0.15, 0.2) is 59.3 Å². The van der Waals surface area contributed by atoms with Crippen molar-refractivity contribution in [2.75, 3.05) is 0 Å². The molecular formula is C26H18F3N5O3. The van der Waals surface area contributed by atoms with E-state index in [2.05, 4.69) is 26.7 Å². The number of nitriles is 1. The zero-order valence-electron chi connectivity index (χ0n) is 19.1. The summed E-state index contributed by atoms with van der Waals surface area (Å²) in [6.07, 6.45) is -2.07. The number of aromatic nitrogens is 2. The summed E-state index contributed by atoms with van der Waals surface area (Å²) in [6, 6.07) is 13.9. The molecule has 0 aliphatic heterocycles. The summed E-state index contributed by atoms with van der Waals surface area (Å²) in [4.78, 5) is 33.3. The van der Waals surface area contributed by atoms with Crippen LogP contribution in [0.25, 0.3) is 11.0 Å². The zero-order chi connectivity index (χ0) is 26.2. The van der Waals surface area contributed by atoms with Crippen LogP contribution in [0.4, 0.5) is 13.2 Å². The van der Waals surface area contributed by atoms with Crippen molar-refractivity contribution in [1.82, 2.24) is 20.6 Å². The number of benzene rings is 2. The molecule has 0 bridgehead atoms. The van der Waals surface area contributed by atoms with Crippen molar-refractivity contribution >= 4 is 22.8 Å². The first-order valence-corrected chi connectivity index (χ1v) is 11.2. The molecule has 2 heterocycles. The lowest BCUT2D eigenvalue weighted by Gasteiger charge is -2.14. The molecular weight excluding hydrogens is 487 g/mol. The maximum atomic E-state index is 12.9. The number of hydrogen-bond acceptors (Lipinski definition) is 6. The number of amides is 2. The lowest BCUT2D eigenvalue weighted by atomic mass is 10.1. The maximum Gasteiger partial charge on any atom is 0.449 e. The molecule has 2 amide bonds. The van der Waals surface area contributed by atoms with Crippen LogP contribution < -0.4 is 10.6 Å². The third kappa shape index (κ3) is 4.99. The number of hydrogen-bond donors (Lipinski definition) is 2. The summed E-state index contributed by atoms with van der Waals surface area (Å²) < 4.78 is 43.5. The van der Waals surface area contributed by atoms with Crippen molar-refractivity contribution in [2.24, 2.45) is 0 Å². The van der Waals surface area contributed by atoms with Crippen LogP contribution in [0.5, 0.6) is 0 Å². The lowest BCUT2D eigenvalue weighted by Crippen LogP contribution is -2.29. The second kappa shape index (κ2) is 9.39. The van der Waals surface area contributed by atoms with Gasteiger partial charge in [-0.3, -0.25) is 9.59 Å². The number of nitrogens with zero attached hydrogens (tertiary/aromatic N) is 3. The fourth-order valence-corrected chi connectivity index (χ4v) is 4.27. The van der Waals surface area contributed by atoms with E-state index in [1.165, 1.54) is 18.2 Å². The van der Waals surface area contributed by atoms with Gasteiger partial charge in [-0.1, -0.05) is 18.2 Å². The van der Waals surface area contributed by atoms with Crippen LogP contribution in [0, 0.1) is 11.3 Å². The van der Waals surface area contributed by atoms with Crippen molar-refractivity contribution in [3.05, 3.63) is 94.3 Å². The fourth-order valence-electron chi connectivity index (χ4n) is 4.27. The summed E-state index contributed by atoms with van der Waals surface area (Å²) in [6.45, 7) is 0.00585. The largest absolute Gasteiger partial charge is 0.451 e. The Bertz CT molecular complexity index is 1570. The number of aryl methyl sites for hydroxylation is 1. The number of carbonyl (C=O) groups is 2. The standard InChI is InChI=1S/C26H18F3N5O3/c27-26(28,29)23-9-17-3-1-15(8-22(17)37-23)12-31-24(35)20-10-21(33-13-32-20)25(36)34-19-6-4-16-7-14(11-30)2-5-18(16)19/h1-3,5,7-10,13,19H,4,6,12H2,(H,31,35)(H,34,36)/t19-/m0/s1. The number of alkyl halides is 3. The van der Waals surface area contributed by atoms with Gasteiger partial charge < -0.3 is 15.1 Å². The van der Waals surface area contributed by atoms with E-state index >= 15 is 0 Å². The van der Waals surface area contributed by atoms with E-state index in [1.54, 1.807) is 12.1 Å². The van der Waals surface area contributed by atoms with E-state index in [9.17, 15) is 22.8 Å². The number of nitrogens with one attached hydrogen (secondary N) is 2. The lowest BCUT2D eigenvalue weighted by molar-refractivity contribution is -0.152. The molecule has 1 atom stereocenters. The van der Waals surface area contributed by atoms with Gasteiger partial charge in [0.1, 0.15) is 23.3 Å². The van der Waals surface area contributed by atoms with E-state index < -0.39 is 23.8 Å². The molecule has 186 valence electrons. The SMILES string of the molecule is N#Cc1ccc2c(c1)CC[C@@H]2NC(=O)c1cc(C(=O)NCc2ccc3cc(C(F)(F)F)oc3c2)ncn1. The van der Waals surface area contributed by atoms with Crippen molar-refractivity contribution in [2.45, 2.75) is 31.6 Å². The van der Waals surface area contributed by atoms with Gasteiger partial charge in [0.2, 0.25) is 5.76 Å². The molecule has 0 spiro atoms. The molecule has 5 rings (SSSR count). The Hall–Kier alpha value is -4.72. The Balaban J connectivity index is 1.24. The molecule has 1 aliphatic carbocycles. The maximum absolute atomic E-state index is 12.9. The van der Waals surface area contributed by atoms with Gasteiger partial charge in [-0.05, 0) is 53.8 Å². The molecule has 0 fully saturated rings. The number of carbonyl (C=O) groups excluding carboxylic acids is 2. The van der Waals surface area contributed by atoms with Gasteiger partial charge in [-0.2, -0.15) is 18.4 Å². The first-order chi connectivity index (χ1) is 17.7. The number of halogens is 3. The smallest absolute Gasteiger partial charge is 0.449 e. The molecule has 0 unspecified atom stereocenters. The minimum atomic E-state index is -4.59. The van der Waals surface area contributed by atoms with E-state index in [1.807, 2.05) is 12.1 Å². The molecule has 1 aliphatic rings. The molecule has 37 heavy (non-hydrogen) atoms. The minimum absolute atomic E-state index is 0.00585. The average molecular weight is 505 g/mol. The average Bonchev–Trinajstić information content (AvgIpc) is 3.51. The van der Waals surface area contributed by atoms with Gasteiger partial charge in [0.05, 0.1) is 17.7 Å². The first-order valence-electron chi connectivity index (χ1n) is 11.2. The van der Waals surface area contributed by atoms with Crippen LogP contribution in [0.1, 0.15) is 61.5 Å². The number of fused-ring (bicyclic) bond motifs is 2. The third-order valence-corrected chi connectivity index (χ3v) is 6.10. The highest BCUT2D eigenvalue weighted by Crippen LogP contribution is 2.34. The van der Waals surface area contributed by atoms with Crippen molar-refractivity contribution in [3.63, 3.8) is 0 Å². The molecule has 2 N–H and O–H groups in total. The Morgan fingerprint density at radius 1 is 1.05 bits per heavy atom. The molecule has 0 radical (unpaired) electrons. The van der Waals surface area contributed by atoms with Gasteiger partial charge in [0.15, 0.2) is 0 Å². The summed E-state index contributed by atoms with van der Waals surface area (Å²) in [7, 11) is 0. The van der Waals surface area contributed by atoms with Crippen LogP contribution in [0.3, 0.4) is 0 Å². The van der Waals surface area contributed by atoms with Crippen LogP contribution >= 0.6 is 0 Å².